The number of carbonyl (C=O) groups excluding carboxylic acids is 1. The quantitative estimate of drug-likeness (QED) is 0.718. The molecule has 0 bridgehead atoms. The molecule has 0 aromatic carbocycles. The van der Waals surface area contributed by atoms with Gasteiger partial charge in [-0.15, -0.1) is 0 Å². The number of nitrogens with zero attached hydrogens (tertiary/aromatic N) is 1. The molecule has 4 nitrogen and oxygen atoms in total. The number of rotatable bonds is 8. The van der Waals surface area contributed by atoms with Crippen LogP contribution in [0.1, 0.15) is 65.2 Å². The van der Waals surface area contributed by atoms with E-state index in [0.29, 0.717) is 13.1 Å². The van der Waals surface area contributed by atoms with Crippen molar-refractivity contribution >= 4 is 5.91 Å². The molecule has 0 aromatic rings. The topological polar surface area (TPSA) is 66.6 Å². The second kappa shape index (κ2) is 7.41. The lowest BCUT2D eigenvalue weighted by Crippen LogP contribution is -2.51. The largest absolute Gasteiger partial charge is 0.388 e. The van der Waals surface area contributed by atoms with Gasteiger partial charge in [0.1, 0.15) is 0 Å². The van der Waals surface area contributed by atoms with E-state index < -0.39 is 11.0 Å². The molecule has 1 fully saturated rings. The Kier molecular flexibility index (Phi) is 6.46. The van der Waals surface area contributed by atoms with Gasteiger partial charge in [-0.1, -0.05) is 39.5 Å². The highest BCUT2D eigenvalue weighted by Gasteiger charge is 2.40. The molecule has 1 aliphatic carbocycles. The third-order valence-electron chi connectivity index (χ3n) is 4.71. The van der Waals surface area contributed by atoms with E-state index in [2.05, 4.69) is 13.8 Å². The minimum atomic E-state index is -0.677. The maximum atomic E-state index is 12.8. The van der Waals surface area contributed by atoms with Crippen LogP contribution in [0, 0.1) is 5.41 Å². The van der Waals surface area contributed by atoms with E-state index in [0.717, 1.165) is 51.4 Å². The van der Waals surface area contributed by atoms with Gasteiger partial charge in [0.25, 0.3) is 0 Å². The van der Waals surface area contributed by atoms with Crippen molar-refractivity contribution in [2.45, 2.75) is 70.8 Å². The Morgan fingerprint density at radius 2 is 1.75 bits per heavy atom. The average molecular weight is 284 g/mol. The summed E-state index contributed by atoms with van der Waals surface area (Å²) in [7, 11) is 1.81. The van der Waals surface area contributed by atoms with Gasteiger partial charge in [0.15, 0.2) is 0 Å². The molecule has 0 aromatic heterocycles. The Hall–Kier alpha value is -0.610. The van der Waals surface area contributed by atoms with Crippen LogP contribution in [-0.4, -0.2) is 41.7 Å². The van der Waals surface area contributed by atoms with E-state index in [4.69, 9.17) is 5.73 Å². The Labute approximate surface area is 123 Å². The Bertz CT molecular complexity index is 306. The number of hydrogen-bond donors (Lipinski definition) is 2. The van der Waals surface area contributed by atoms with Gasteiger partial charge >= 0.3 is 0 Å². The van der Waals surface area contributed by atoms with E-state index in [1.807, 2.05) is 7.05 Å². The van der Waals surface area contributed by atoms with Gasteiger partial charge in [-0.3, -0.25) is 4.79 Å². The molecule has 20 heavy (non-hydrogen) atoms. The molecular weight excluding hydrogens is 252 g/mol. The van der Waals surface area contributed by atoms with Crippen molar-refractivity contribution in [3.05, 3.63) is 0 Å². The lowest BCUT2D eigenvalue weighted by Gasteiger charge is -2.37. The summed E-state index contributed by atoms with van der Waals surface area (Å²) in [6, 6.07) is 0. The molecule has 0 atom stereocenters. The third kappa shape index (κ3) is 3.95. The summed E-state index contributed by atoms with van der Waals surface area (Å²) >= 11 is 0. The summed E-state index contributed by atoms with van der Waals surface area (Å²) in [5, 5.41) is 10.5. The fourth-order valence-electron chi connectivity index (χ4n) is 3.70. The fourth-order valence-corrected chi connectivity index (χ4v) is 3.70. The van der Waals surface area contributed by atoms with Gasteiger partial charge in [0.2, 0.25) is 5.91 Å². The van der Waals surface area contributed by atoms with Crippen molar-refractivity contribution in [1.82, 2.24) is 4.90 Å². The minimum Gasteiger partial charge on any atom is -0.388 e. The average Bonchev–Trinajstić information content (AvgIpc) is 2.83. The Balaban J connectivity index is 2.77. The van der Waals surface area contributed by atoms with E-state index in [9.17, 15) is 9.90 Å². The maximum absolute atomic E-state index is 12.8. The number of likely N-dealkylation sites (N-methyl/N-ethyl adjacent to an activating group) is 1. The first-order valence-electron chi connectivity index (χ1n) is 8.11. The predicted molar refractivity (Wildman–Crippen MR) is 82.4 cm³/mol. The van der Waals surface area contributed by atoms with Gasteiger partial charge in [-0.05, 0) is 25.7 Å². The monoisotopic (exact) mass is 284 g/mol. The predicted octanol–water partition coefficient (Wildman–Crippen LogP) is 2.30. The Morgan fingerprint density at radius 3 is 2.15 bits per heavy atom. The number of carbonyl (C=O) groups is 1. The maximum Gasteiger partial charge on any atom is 0.229 e. The SMILES string of the molecule is CCCC(CN)(CCC)C(=O)N(C)CC1(O)CCCC1. The number of nitrogens with two attached hydrogens (primary N) is 1. The number of amides is 1. The molecule has 1 rings (SSSR count). The van der Waals surface area contributed by atoms with E-state index in [1.165, 1.54) is 0 Å². The molecular formula is C16H32N2O2. The minimum absolute atomic E-state index is 0.115. The first-order chi connectivity index (χ1) is 9.43. The Morgan fingerprint density at radius 1 is 1.25 bits per heavy atom. The van der Waals surface area contributed by atoms with Gasteiger partial charge in [-0.2, -0.15) is 0 Å². The molecule has 0 heterocycles. The molecule has 0 radical (unpaired) electrons. The first kappa shape index (κ1) is 17.4. The van der Waals surface area contributed by atoms with E-state index in [1.54, 1.807) is 4.90 Å². The first-order valence-corrected chi connectivity index (χ1v) is 8.11. The molecule has 1 amide bonds. The number of hydrogen-bond acceptors (Lipinski definition) is 3. The van der Waals surface area contributed by atoms with Crippen molar-refractivity contribution in [3.8, 4) is 0 Å². The summed E-state index contributed by atoms with van der Waals surface area (Å²) in [6.45, 7) is 5.03. The summed E-state index contributed by atoms with van der Waals surface area (Å²) in [5.74, 6) is 0.115. The second-order valence-electron chi connectivity index (χ2n) is 6.58. The lowest BCUT2D eigenvalue weighted by atomic mass is 9.77. The van der Waals surface area contributed by atoms with Crippen LogP contribution in [-0.2, 0) is 4.79 Å². The highest BCUT2D eigenvalue weighted by molar-refractivity contribution is 5.82. The molecule has 0 spiro atoms. The van der Waals surface area contributed by atoms with Gasteiger partial charge in [0.05, 0.1) is 11.0 Å². The van der Waals surface area contributed by atoms with Crippen LogP contribution in [0.3, 0.4) is 0 Å². The highest BCUT2D eigenvalue weighted by Crippen LogP contribution is 2.34. The summed E-state index contributed by atoms with van der Waals surface area (Å²) in [6.07, 6.45) is 7.32. The van der Waals surface area contributed by atoms with Crippen LogP contribution in [0.25, 0.3) is 0 Å². The van der Waals surface area contributed by atoms with Crippen LogP contribution in [0.2, 0.25) is 0 Å². The zero-order valence-electron chi connectivity index (χ0n) is 13.5. The van der Waals surface area contributed by atoms with Crippen LogP contribution in [0.15, 0.2) is 0 Å². The molecule has 0 unspecified atom stereocenters. The third-order valence-corrected chi connectivity index (χ3v) is 4.71. The fraction of sp³-hybridized carbons (Fsp3) is 0.938. The summed E-state index contributed by atoms with van der Waals surface area (Å²) in [5.41, 5.74) is 4.84. The van der Waals surface area contributed by atoms with Crippen molar-refractivity contribution in [3.63, 3.8) is 0 Å². The summed E-state index contributed by atoms with van der Waals surface area (Å²) < 4.78 is 0. The molecule has 3 N–H and O–H groups in total. The van der Waals surface area contributed by atoms with Crippen molar-refractivity contribution < 1.29 is 9.90 Å². The van der Waals surface area contributed by atoms with Crippen LogP contribution in [0.5, 0.6) is 0 Å². The molecule has 4 heteroatoms. The van der Waals surface area contributed by atoms with Gasteiger partial charge in [0, 0.05) is 20.1 Å². The van der Waals surface area contributed by atoms with Crippen LogP contribution in [0.4, 0.5) is 0 Å². The van der Waals surface area contributed by atoms with Crippen LogP contribution >= 0.6 is 0 Å². The lowest BCUT2D eigenvalue weighted by molar-refractivity contribution is -0.144. The van der Waals surface area contributed by atoms with E-state index in [-0.39, 0.29) is 5.91 Å². The number of aliphatic hydroxyl groups is 1. The molecule has 1 aliphatic rings. The standard InChI is InChI=1S/C16H32N2O2/c1-4-8-15(12-17,9-5-2)14(19)18(3)13-16(20)10-6-7-11-16/h20H,4-13,17H2,1-3H3. The van der Waals surface area contributed by atoms with Gasteiger partial charge < -0.3 is 15.7 Å². The molecule has 118 valence electrons. The molecule has 0 aliphatic heterocycles. The van der Waals surface area contributed by atoms with E-state index >= 15 is 0 Å². The highest BCUT2D eigenvalue weighted by atomic mass is 16.3. The van der Waals surface area contributed by atoms with Gasteiger partial charge in [-0.25, -0.2) is 0 Å². The summed E-state index contributed by atoms with van der Waals surface area (Å²) in [4.78, 5) is 14.6. The van der Waals surface area contributed by atoms with Crippen LogP contribution < -0.4 is 5.73 Å². The van der Waals surface area contributed by atoms with Crippen molar-refractivity contribution in [1.29, 1.82) is 0 Å². The molecule has 0 saturated heterocycles. The van der Waals surface area contributed by atoms with Crippen molar-refractivity contribution in [2.75, 3.05) is 20.1 Å². The van der Waals surface area contributed by atoms with Crippen molar-refractivity contribution in [2.24, 2.45) is 11.1 Å². The zero-order chi connectivity index (χ0) is 15.2. The zero-order valence-corrected chi connectivity index (χ0v) is 13.5. The smallest absolute Gasteiger partial charge is 0.229 e. The molecule has 1 saturated carbocycles. The normalized spacial score (nSPS) is 18.2. The second-order valence-corrected chi connectivity index (χ2v) is 6.58.